The normalized spacial score (nSPS) is 18.1. The Kier molecular flexibility index (Phi) is 4.99. The molecule has 0 aliphatic carbocycles. The van der Waals surface area contributed by atoms with Crippen LogP contribution in [0.2, 0.25) is 0 Å². The van der Waals surface area contributed by atoms with Crippen LogP contribution in [-0.2, 0) is 10.2 Å². The quantitative estimate of drug-likeness (QED) is 0.713. The van der Waals surface area contributed by atoms with Gasteiger partial charge in [0.05, 0.1) is 0 Å². The summed E-state index contributed by atoms with van der Waals surface area (Å²) < 4.78 is 0. The molecule has 1 aromatic rings. The summed E-state index contributed by atoms with van der Waals surface area (Å²) in [4.78, 5) is 8.36. The summed E-state index contributed by atoms with van der Waals surface area (Å²) in [6, 6.07) is 10.9. The maximum atomic E-state index is 8.36. The molecule has 0 spiro atoms. The Morgan fingerprint density at radius 3 is 2.25 bits per heavy atom. The molecular weight excluding hydrogens is 202 g/mol. The van der Waals surface area contributed by atoms with Gasteiger partial charge in [-0.05, 0) is 36.9 Å². The zero-order valence-electron chi connectivity index (χ0n) is 9.65. The van der Waals surface area contributed by atoms with Gasteiger partial charge < -0.3 is 10.4 Å². The molecule has 0 radical (unpaired) electrons. The average Bonchev–Trinajstić information content (AvgIpc) is 2.32. The minimum absolute atomic E-state index is 0.250. The van der Waals surface area contributed by atoms with E-state index in [2.05, 4.69) is 42.6 Å². The summed E-state index contributed by atoms with van der Waals surface area (Å²) in [5.74, 6) is 0. The fourth-order valence-electron chi connectivity index (χ4n) is 2.11. The maximum Gasteiger partial charge on any atom is 0.290 e. The highest BCUT2D eigenvalue weighted by Gasteiger charge is 2.27. The molecule has 16 heavy (non-hydrogen) atoms. The summed E-state index contributed by atoms with van der Waals surface area (Å²) >= 11 is 0. The molecule has 2 rings (SSSR count). The molecule has 2 N–H and O–H groups in total. The lowest BCUT2D eigenvalue weighted by Gasteiger charge is -2.34. The Bertz CT molecular complexity index is 305. The smallest absolute Gasteiger partial charge is 0.290 e. The number of rotatable bonds is 1. The van der Waals surface area contributed by atoms with Crippen LogP contribution in [0.1, 0.15) is 25.3 Å². The van der Waals surface area contributed by atoms with E-state index in [4.69, 9.17) is 9.90 Å². The van der Waals surface area contributed by atoms with Crippen molar-refractivity contribution in [2.45, 2.75) is 25.2 Å². The van der Waals surface area contributed by atoms with Crippen LogP contribution in [0.5, 0.6) is 0 Å². The minimum Gasteiger partial charge on any atom is -0.483 e. The minimum atomic E-state index is -0.250. The topological polar surface area (TPSA) is 49.3 Å². The molecule has 3 heteroatoms. The molecule has 1 fully saturated rings. The van der Waals surface area contributed by atoms with Gasteiger partial charge >= 0.3 is 0 Å². The highest BCUT2D eigenvalue weighted by molar-refractivity contribution is 5.32. The first kappa shape index (κ1) is 12.7. The van der Waals surface area contributed by atoms with Crippen molar-refractivity contribution in [1.29, 1.82) is 0 Å². The third-order valence-electron chi connectivity index (χ3n) is 3.18. The van der Waals surface area contributed by atoms with Gasteiger partial charge in [-0.2, -0.15) is 0 Å². The molecule has 0 unspecified atom stereocenters. The van der Waals surface area contributed by atoms with Gasteiger partial charge in [0.1, 0.15) is 0 Å². The van der Waals surface area contributed by atoms with Crippen molar-refractivity contribution in [1.82, 2.24) is 5.32 Å². The highest BCUT2D eigenvalue weighted by atomic mass is 16.3. The number of piperidine rings is 1. The fourth-order valence-corrected chi connectivity index (χ4v) is 2.11. The van der Waals surface area contributed by atoms with Crippen molar-refractivity contribution < 1.29 is 9.90 Å². The van der Waals surface area contributed by atoms with Crippen LogP contribution >= 0.6 is 0 Å². The van der Waals surface area contributed by atoms with Crippen molar-refractivity contribution in [3.63, 3.8) is 0 Å². The number of hydrogen-bond acceptors (Lipinski definition) is 2. The number of benzene rings is 1. The highest BCUT2D eigenvalue weighted by Crippen LogP contribution is 2.32. The Morgan fingerprint density at radius 1 is 1.25 bits per heavy atom. The summed E-state index contributed by atoms with van der Waals surface area (Å²) in [6.07, 6.45) is 2.52. The second kappa shape index (κ2) is 6.28. The van der Waals surface area contributed by atoms with Gasteiger partial charge in [0.2, 0.25) is 0 Å². The molecule has 0 amide bonds. The Hall–Kier alpha value is -1.35. The fraction of sp³-hybridized carbons (Fsp3) is 0.462. The average molecular weight is 221 g/mol. The molecule has 0 bridgehead atoms. The monoisotopic (exact) mass is 221 g/mol. The van der Waals surface area contributed by atoms with Crippen molar-refractivity contribution in [2.24, 2.45) is 0 Å². The van der Waals surface area contributed by atoms with Gasteiger partial charge in [0.25, 0.3) is 6.47 Å². The molecule has 0 saturated carbocycles. The van der Waals surface area contributed by atoms with E-state index in [1.54, 1.807) is 0 Å². The number of hydrogen-bond donors (Lipinski definition) is 2. The van der Waals surface area contributed by atoms with Gasteiger partial charge in [0, 0.05) is 0 Å². The molecule has 1 aliphatic rings. The molecule has 3 nitrogen and oxygen atoms in total. The van der Waals surface area contributed by atoms with Crippen molar-refractivity contribution in [2.75, 3.05) is 13.1 Å². The standard InChI is InChI=1S/C12H17N.CH2O2/c1-12(7-9-13-10-8-12)11-5-3-2-4-6-11;2-1-3/h2-6,13H,7-10H2,1H3;1H,(H,2,3). The van der Waals surface area contributed by atoms with Gasteiger partial charge in [0.15, 0.2) is 0 Å². The molecule has 0 aromatic heterocycles. The van der Waals surface area contributed by atoms with Gasteiger partial charge in [-0.25, -0.2) is 0 Å². The Morgan fingerprint density at radius 2 is 1.75 bits per heavy atom. The number of carbonyl (C=O) groups is 1. The molecule has 1 aliphatic heterocycles. The SMILES string of the molecule is CC1(c2ccccc2)CCNCC1.O=CO. The van der Waals surface area contributed by atoms with Gasteiger partial charge in [-0.1, -0.05) is 37.3 Å². The third kappa shape index (κ3) is 3.35. The number of nitrogens with one attached hydrogen (secondary N) is 1. The van der Waals surface area contributed by atoms with Gasteiger partial charge in [-0.3, -0.25) is 4.79 Å². The maximum absolute atomic E-state index is 8.36. The van der Waals surface area contributed by atoms with Crippen LogP contribution in [0.15, 0.2) is 30.3 Å². The summed E-state index contributed by atoms with van der Waals surface area (Å²) in [7, 11) is 0. The van der Waals surface area contributed by atoms with Crippen LogP contribution in [0.3, 0.4) is 0 Å². The van der Waals surface area contributed by atoms with E-state index in [9.17, 15) is 0 Å². The van der Waals surface area contributed by atoms with E-state index >= 15 is 0 Å². The zero-order valence-corrected chi connectivity index (χ0v) is 9.65. The summed E-state index contributed by atoms with van der Waals surface area (Å²) in [6.45, 7) is 4.44. The van der Waals surface area contributed by atoms with E-state index in [0.29, 0.717) is 5.41 Å². The first-order chi connectivity index (χ1) is 7.73. The number of carboxylic acid groups (broad SMARTS) is 1. The van der Waals surface area contributed by atoms with Gasteiger partial charge in [-0.15, -0.1) is 0 Å². The van der Waals surface area contributed by atoms with E-state index in [1.165, 1.54) is 18.4 Å². The predicted octanol–water partition coefficient (Wildman–Crippen LogP) is 2.03. The third-order valence-corrected chi connectivity index (χ3v) is 3.18. The molecular formula is C13H19NO2. The zero-order chi connectivity index (χ0) is 11.9. The largest absolute Gasteiger partial charge is 0.483 e. The molecule has 88 valence electrons. The van der Waals surface area contributed by atoms with Crippen molar-refractivity contribution >= 4 is 6.47 Å². The lowest BCUT2D eigenvalue weighted by Crippen LogP contribution is -2.37. The Labute approximate surface area is 96.5 Å². The molecule has 1 heterocycles. The van der Waals surface area contributed by atoms with Crippen LogP contribution < -0.4 is 5.32 Å². The lowest BCUT2D eigenvalue weighted by molar-refractivity contribution is -0.122. The van der Waals surface area contributed by atoms with Crippen LogP contribution in [0.25, 0.3) is 0 Å². The summed E-state index contributed by atoms with van der Waals surface area (Å²) in [5.41, 5.74) is 1.91. The molecule has 0 atom stereocenters. The lowest BCUT2D eigenvalue weighted by atomic mass is 9.75. The molecule has 1 aromatic carbocycles. The second-order valence-electron chi connectivity index (χ2n) is 4.28. The van der Waals surface area contributed by atoms with Crippen LogP contribution in [-0.4, -0.2) is 24.7 Å². The predicted molar refractivity (Wildman–Crippen MR) is 64.6 cm³/mol. The van der Waals surface area contributed by atoms with Crippen molar-refractivity contribution in [3.05, 3.63) is 35.9 Å². The van der Waals surface area contributed by atoms with E-state index in [1.807, 2.05) is 0 Å². The molecule has 1 saturated heterocycles. The van der Waals surface area contributed by atoms with E-state index in [-0.39, 0.29) is 6.47 Å². The van der Waals surface area contributed by atoms with E-state index in [0.717, 1.165) is 13.1 Å². The second-order valence-corrected chi connectivity index (χ2v) is 4.28. The van der Waals surface area contributed by atoms with E-state index < -0.39 is 0 Å². The van der Waals surface area contributed by atoms with Crippen LogP contribution in [0.4, 0.5) is 0 Å². The first-order valence-electron chi connectivity index (χ1n) is 5.57. The first-order valence-corrected chi connectivity index (χ1v) is 5.57. The van der Waals surface area contributed by atoms with Crippen molar-refractivity contribution in [3.8, 4) is 0 Å². The van der Waals surface area contributed by atoms with Crippen LogP contribution in [0, 0.1) is 0 Å². The summed E-state index contributed by atoms with van der Waals surface area (Å²) in [5, 5.41) is 10.3. The Balaban J connectivity index is 0.000000386.